The van der Waals surface area contributed by atoms with Crippen molar-refractivity contribution in [3.63, 3.8) is 0 Å². The highest BCUT2D eigenvalue weighted by Crippen LogP contribution is 2.31. The third-order valence-electron chi connectivity index (χ3n) is 5.92. The number of ether oxygens (including phenoxy) is 2. The summed E-state index contributed by atoms with van der Waals surface area (Å²) >= 11 is 0. The smallest absolute Gasteiger partial charge is 0.257 e. The zero-order valence-electron chi connectivity index (χ0n) is 18.8. The van der Waals surface area contributed by atoms with Crippen molar-refractivity contribution in [3.05, 3.63) is 84.2 Å². The lowest BCUT2D eigenvalue weighted by molar-refractivity contribution is -0.156. The van der Waals surface area contributed by atoms with Gasteiger partial charge in [-0.3, -0.25) is 14.6 Å². The van der Waals surface area contributed by atoms with E-state index in [1.165, 1.54) is 7.11 Å². The van der Waals surface area contributed by atoms with Crippen LogP contribution in [0.1, 0.15) is 15.9 Å². The molecule has 3 aromatic rings. The van der Waals surface area contributed by atoms with Gasteiger partial charge < -0.3 is 19.7 Å². The van der Waals surface area contributed by atoms with E-state index in [-0.39, 0.29) is 25.0 Å². The second kappa shape index (κ2) is 9.83. The number of rotatable bonds is 6. The maximum Gasteiger partial charge on any atom is 0.257 e. The highest BCUT2D eigenvalue weighted by atomic mass is 16.5. The first-order chi connectivity index (χ1) is 16.1. The lowest BCUT2D eigenvalue weighted by Crippen LogP contribution is -2.61. The number of carbonyl (C=O) groups is 2. The van der Waals surface area contributed by atoms with Gasteiger partial charge in [0.2, 0.25) is 0 Å². The lowest BCUT2D eigenvalue weighted by Gasteiger charge is -2.41. The number of nitrogens with one attached hydrogen (secondary N) is 1. The molecule has 0 aliphatic carbocycles. The highest BCUT2D eigenvalue weighted by Gasteiger charge is 2.45. The van der Waals surface area contributed by atoms with Crippen LogP contribution in [0.4, 0.5) is 0 Å². The molecule has 1 atom stereocenters. The molecular weight excluding hydrogens is 418 g/mol. The number of carbonyl (C=O) groups excluding carboxylic acids is 2. The molecular formula is C26H27N3O4. The molecule has 0 spiro atoms. The van der Waals surface area contributed by atoms with Gasteiger partial charge in [-0.2, -0.15) is 0 Å². The van der Waals surface area contributed by atoms with Crippen LogP contribution in [-0.2, 0) is 16.0 Å². The molecule has 170 valence electrons. The average molecular weight is 446 g/mol. The van der Waals surface area contributed by atoms with Crippen LogP contribution < -0.4 is 10.1 Å². The van der Waals surface area contributed by atoms with Crippen molar-refractivity contribution in [1.82, 2.24) is 15.2 Å². The molecule has 0 bridgehead atoms. The Morgan fingerprint density at radius 3 is 2.67 bits per heavy atom. The monoisotopic (exact) mass is 445 g/mol. The third-order valence-corrected chi connectivity index (χ3v) is 5.92. The van der Waals surface area contributed by atoms with Gasteiger partial charge in [0.05, 0.1) is 25.8 Å². The molecule has 4 rings (SSSR count). The van der Waals surface area contributed by atoms with Crippen LogP contribution >= 0.6 is 0 Å². The Morgan fingerprint density at radius 1 is 1.12 bits per heavy atom. The Balaban J connectivity index is 1.68. The maximum atomic E-state index is 13.4. The van der Waals surface area contributed by atoms with Crippen LogP contribution in [-0.4, -0.2) is 61.2 Å². The summed E-state index contributed by atoms with van der Waals surface area (Å²) in [6, 6.07) is 18.8. The van der Waals surface area contributed by atoms with Gasteiger partial charge >= 0.3 is 0 Å². The van der Waals surface area contributed by atoms with E-state index in [2.05, 4.69) is 10.3 Å². The van der Waals surface area contributed by atoms with Crippen LogP contribution in [0, 0.1) is 0 Å². The van der Waals surface area contributed by atoms with E-state index in [4.69, 9.17) is 9.47 Å². The van der Waals surface area contributed by atoms with Crippen molar-refractivity contribution in [2.24, 2.45) is 0 Å². The summed E-state index contributed by atoms with van der Waals surface area (Å²) in [4.78, 5) is 32.4. The van der Waals surface area contributed by atoms with E-state index < -0.39 is 5.60 Å². The summed E-state index contributed by atoms with van der Waals surface area (Å²) in [7, 11) is 3.12. The largest absolute Gasteiger partial charge is 0.496 e. The summed E-state index contributed by atoms with van der Waals surface area (Å²) < 4.78 is 11.5. The van der Waals surface area contributed by atoms with Gasteiger partial charge in [-0.25, -0.2) is 0 Å². The molecule has 2 heterocycles. The minimum absolute atomic E-state index is 0.130. The summed E-state index contributed by atoms with van der Waals surface area (Å²) in [5.74, 6) is 0.0482. The molecule has 0 radical (unpaired) electrons. The van der Waals surface area contributed by atoms with Crippen LogP contribution in [0.3, 0.4) is 0 Å². The molecule has 1 aromatic heterocycles. The number of morpholine rings is 1. The average Bonchev–Trinajstić information content (AvgIpc) is 2.88. The molecule has 33 heavy (non-hydrogen) atoms. The summed E-state index contributed by atoms with van der Waals surface area (Å²) in [5.41, 5.74) is 2.12. The lowest BCUT2D eigenvalue weighted by atomic mass is 9.87. The molecule has 7 heteroatoms. The fourth-order valence-electron chi connectivity index (χ4n) is 4.29. The van der Waals surface area contributed by atoms with Crippen LogP contribution in [0.15, 0.2) is 73.1 Å². The van der Waals surface area contributed by atoms with Gasteiger partial charge in [0.1, 0.15) is 5.75 Å². The fourth-order valence-corrected chi connectivity index (χ4v) is 4.29. The van der Waals surface area contributed by atoms with Crippen molar-refractivity contribution < 1.29 is 19.1 Å². The van der Waals surface area contributed by atoms with Crippen molar-refractivity contribution in [3.8, 4) is 16.9 Å². The Bertz CT molecular complexity index is 1140. The van der Waals surface area contributed by atoms with E-state index in [1.54, 1.807) is 42.5 Å². The van der Waals surface area contributed by atoms with Crippen LogP contribution in [0.25, 0.3) is 11.1 Å². The third kappa shape index (κ3) is 4.59. The van der Waals surface area contributed by atoms with E-state index in [0.29, 0.717) is 24.3 Å². The minimum Gasteiger partial charge on any atom is -0.496 e. The maximum absolute atomic E-state index is 13.4. The summed E-state index contributed by atoms with van der Waals surface area (Å²) in [5, 5.41) is 2.74. The Morgan fingerprint density at radius 2 is 1.91 bits per heavy atom. The number of pyridine rings is 1. The van der Waals surface area contributed by atoms with Crippen LogP contribution in [0.5, 0.6) is 5.75 Å². The first-order valence-electron chi connectivity index (χ1n) is 10.8. The predicted molar refractivity (Wildman–Crippen MR) is 125 cm³/mol. The molecule has 1 N–H and O–H groups in total. The van der Waals surface area contributed by atoms with Gasteiger partial charge in [-0.1, -0.05) is 42.5 Å². The van der Waals surface area contributed by atoms with Gasteiger partial charge in [0.15, 0.2) is 5.60 Å². The van der Waals surface area contributed by atoms with E-state index >= 15 is 0 Å². The van der Waals surface area contributed by atoms with Crippen LogP contribution in [0.2, 0.25) is 0 Å². The predicted octanol–water partition coefficient (Wildman–Crippen LogP) is 2.96. The second-order valence-electron chi connectivity index (χ2n) is 7.92. The fraction of sp³-hybridized carbons (Fsp3) is 0.269. The first-order valence-corrected chi connectivity index (χ1v) is 10.8. The van der Waals surface area contributed by atoms with E-state index in [0.717, 1.165) is 16.7 Å². The number of methoxy groups -OCH3 is 1. The molecule has 0 saturated carbocycles. The van der Waals surface area contributed by atoms with Crippen molar-refractivity contribution in [1.29, 1.82) is 0 Å². The van der Waals surface area contributed by atoms with Crippen molar-refractivity contribution in [2.45, 2.75) is 12.0 Å². The molecule has 1 aliphatic heterocycles. The first kappa shape index (κ1) is 22.5. The number of hydrogen-bond acceptors (Lipinski definition) is 5. The Kier molecular flexibility index (Phi) is 6.70. The molecule has 2 amide bonds. The minimum atomic E-state index is -1.22. The molecule has 1 saturated heterocycles. The molecule has 1 fully saturated rings. The van der Waals surface area contributed by atoms with Crippen molar-refractivity contribution >= 4 is 11.8 Å². The molecule has 2 aromatic carbocycles. The summed E-state index contributed by atoms with van der Waals surface area (Å²) in [6.07, 6.45) is 3.84. The topological polar surface area (TPSA) is 80.8 Å². The number of hydrogen-bond donors (Lipinski definition) is 1. The number of para-hydroxylation sites is 1. The zero-order valence-corrected chi connectivity index (χ0v) is 18.8. The standard InChI is InChI=1S/C26H27N3O4/c1-27-25(31)26(16-19-8-3-4-10-21(19)20-9-7-13-28-17-20)18-29(14-15-33-26)24(30)22-11-5-6-12-23(22)32-2/h3-13,17H,14-16,18H2,1-2H3,(H,27,31). The second-order valence-corrected chi connectivity index (χ2v) is 7.92. The molecule has 7 nitrogen and oxygen atoms in total. The number of amides is 2. The summed E-state index contributed by atoms with van der Waals surface area (Å²) in [6.45, 7) is 0.772. The van der Waals surface area contributed by atoms with Gasteiger partial charge in [0, 0.05) is 38.0 Å². The quantitative estimate of drug-likeness (QED) is 0.631. The number of likely N-dealkylation sites (N-methyl/N-ethyl adjacent to an activating group) is 1. The van der Waals surface area contributed by atoms with Gasteiger partial charge in [-0.05, 0) is 29.3 Å². The number of nitrogens with zero attached hydrogens (tertiary/aromatic N) is 2. The molecule has 1 aliphatic rings. The normalized spacial score (nSPS) is 17.9. The number of benzene rings is 2. The van der Waals surface area contributed by atoms with Gasteiger partial charge in [0.25, 0.3) is 11.8 Å². The van der Waals surface area contributed by atoms with E-state index in [9.17, 15) is 9.59 Å². The number of aromatic nitrogens is 1. The Labute approximate surface area is 193 Å². The molecule has 1 unspecified atom stereocenters. The zero-order chi connectivity index (χ0) is 23.3. The highest BCUT2D eigenvalue weighted by molar-refractivity contribution is 5.98. The van der Waals surface area contributed by atoms with Crippen molar-refractivity contribution in [2.75, 3.05) is 33.9 Å². The van der Waals surface area contributed by atoms with E-state index in [1.807, 2.05) is 42.5 Å². The van der Waals surface area contributed by atoms with Gasteiger partial charge in [-0.15, -0.1) is 0 Å². The SMILES string of the molecule is CNC(=O)C1(Cc2ccccc2-c2cccnc2)CN(C(=O)c2ccccc2OC)CCO1. The Hall–Kier alpha value is -3.71.